The number of aliphatic hydroxyl groups excluding tert-OH is 1. The summed E-state index contributed by atoms with van der Waals surface area (Å²) in [5, 5.41) is 15.4. The van der Waals surface area contributed by atoms with Gasteiger partial charge >= 0.3 is 0 Å². The molecule has 0 aliphatic carbocycles. The minimum Gasteiger partial charge on any atom is -0.384 e. The van der Waals surface area contributed by atoms with E-state index in [4.69, 9.17) is 5.11 Å². The second-order valence-electron chi connectivity index (χ2n) is 3.79. The number of aliphatic hydroxyl groups is 1. The zero-order chi connectivity index (χ0) is 13.5. The molecule has 0 spiro atoms. The quantitative estimate of drug-likeness (QED) is 0.800. The van der Waals surface area contributed by atoms with Crippen molar-refractivity contribution in [2.45, 2.75) is 6.54 Å². The molecule has 0 aliphatic rings. The van der Waals surface area contributed by atoms with Gasteiger partial charge in [-0.1, -0.05) is 17.9 Å². The number of anilines is 1. The predicted molar refractivity (Wildman–Crippen MR) is 71.3 cm³/mol. The monoisotopic (exact) mass is 255 g/mol. The van der Waals surface area contributed by atoms with Crippen LogP contribution >= 0.6 is 0 Å². The molecule has 1 aromatic carbocycles. The first-order valence-corrected chi connectivity index (χ1v) is 5.75. The van der Waals surface area contributed by atoms with Crippen LogP contribution in [0, 0.1) is 11.8 Å². The third kappa shape index (κ3) is 3.98. The fourth-order valence-corrected chi connectivity index (χ4v) is 1.56. The van der Waals surface area contributed by atoms with Crippen LogP contribution in [-0.2, 0) is 11.3 Å². The molecule has 0 radical (unpaired) electrons. The van der Waals surface area contributed by atoms with Crippen LogP contribution in [0.3, 0.4) is 0 Å². The van der Waals surface area contributed by atoms with Gasteiger partial charge in [-0.05, 0) is 24.3 Å². The van der Waals surface area contributed by atoms with E-state index in [1.54, 1.807) is 41.3 Å². The number of carbonyl (C=O) groups is 1. The number of hydrogen-bond donors (Lipinski definition) is 2. The summed E-state index contributed by atoms with van der Waals surface area (Å²) in [6, 6.07) is 8.91. The summed E-state index contributed by atoms with van der Waals surface area (Å²) in [5.41, 5.74) is 1.41. The van der Waals surface area contributed by atoms with Gasteiger partial charge in [-0.25, -0.2) is 0 Å². The van der Waals surface area contributed by atoms with Gasteiger partial charge in [0.05, 0.1) is 0 Å². The Balaban J connectivity index is 2.00. The van der Waals surface area contributed by atoms with E-state index >= 15 is 0 Å². The lowest BCUT2D eigenvalue weighted by molar-refractivity contribution is -0.116. The van der Waals surface area contributed by atoms with E-state index in [2.05, 4.69) is 22.3 Å². The number of carbonyl (C=O) groups excluding carboxylic acids is 1. The molecule has 0 saturated heterocycles. The predicted octanol–water partition coefficient (Wildman–Crippen LogP) is 0.866. The molecule has 1 heterocycles. The average Bonchev–Trinajstić information content (AvgIpc) is 2.89. The fraction of sp³-hybridized carbons (Fsp3) is 0.143. The van der Waals surface area contributed by atoms with Crippen LogP contribution in [0.4, 0.5) is 5.69 Å². The lowest BCUT2D eigenvalue weighted by atomic mass is 10.2. The third-order valence-electron chi connectivity index (χ3n) is 2.32. The maximum Gasteiger partial charge on any atom is 0.246 e. The summed E-state index contributed by atoms with van der Waals surface area (Å²) >= 11 is 0. The Labute approximate surface area is 110 Å². The van der Waals surface area contributed by atoms with Crippen molar-refractivity contribution in [1.82, 2.24) is 9.78 Å². The Morgan fingerprint density at radius 1 is 1.42 bits per heavy atom. The van der Waals surface area contributed by atoms with Gasteiger partial charge in [0, 0.05) is 23.6 Å². The summed E-state index contributed by atoms with van der Waals surface area (Å²) in [6.07, 6.45) is 3.35. The Kier molecular flexibility index (Phi) is 4.32. The zero-order valence-electron chi connectivity index (χ0n) is 10.2. The van der Waals surface area contributed by atoms with E-state index in [1.807, 2.05) is 6.07 Å². The number of hydrogen-bond acceptors (Lipinski definition) is 3. The van der Waals surface area contributed by atoms with Gasteiger partial charge in [0.2, 0.25) is 5.91 Å². The molecule has 0 unspecified atom stereocenters. The molecule has 5 nitrogen and oxygen atoms in total. The summed E-state index contributed by atoms with van der Waals surface area (Å²) in [6.45, 7) is -0.0184. The highest BCUT2D eigenvalue weighted by Gasteiger charge is 2.03. The van der Waals surface area contributed by atoms with Crippen molar-refractivity contribution in [2.75, 3.05) is 11.9 Å². The van der Waals surface area contributed by atoms with E-state index in [9.17, 15) is 4.79 Å². The molecule has 2 rings (SSSR count). The van der Waals surface area contributed by atoms with Gasteiger partial charge in [0.1, 0.15) is 13.2 Å². The van der Waals surface area contributed by atoms with Gasteiger partial charge in [0.25, 0.3) is 0 Å². The summed E-state index contributed by atoms with van der Waals surface area (Å²) < 4.78 is 1.55. The van der Waals surface area contributed by atoms with Crippen molar-refractivity contribution in [3.8, 4) is 11.8 Å². The minimum absolute atomic E-state index is 0.157. The SMILES string of the molecule is O=C(Cn1cccn1)Nc1cccc(C#CCO)c1. The highest BCUT2D eigenvalue weighted by atomic mass is 16.2. The van der Waals surface area contributed by atoms with Gasteiger partial charge < -0.3 is 10.4 Å². The van der Waals surface area contributed by atoms with E-state index in [1.165, 1.54) is 0 Å². The third-order valence-corrected chi connectivity index (χ3v) is 2.32. The highest BCUT2D eigenvalue weighted by Crippen LogP contribution is 2.09. The Bertz CT molecular complexity index is 609. The molecule has 5 heteroatoms. The fourth-order valence-electron chi connectivity index (χ4n) is 1.56. The average molecular weight is 255 g/mol. The minimum atomic E-state index is -0.185. The topological polar surface area (TPSA) is 67.2 Å². The normalized spacial score (nSPS) is 9.53. The lowest BCUT2D eigenvalue weighted by Gasteiger charge is -2.05. The smallest absolute Gasteiger partial charge is 0.246 e. The Hall–Kier alpha value is -2.58. The number of amides is 1. The first kappa shape index (κ1) is 12.9. The second kappa shape index (κ2) is 6.38. The molecule has 0 fully saturated rings. The molecule has 19 heavy (non-hydrogen) atoms. The maximum atomic E-state index is 11.8. The first-order valence-electron chi connectivity index (χ1n) is 5.75. The van der Waals surface area contributed by atoms with Crippen LogP contribution in [0.2, 0.25) is 0 Å². The van der Waals surface area contributed by atoms with Gasteiger partial charge in [-0.15, -0.1) is 0 Å². The van der Waals surface area contributed by atoms with Gasteiger partial charge in [0.15, 0.2) is 0 Å². The van der Waals surface area contributed by atoms with Crippen LogP contribution in [0.1, 0.15) is 5.56 Å². The molecule has 0 bridgehead atoms. The maximum absolute atomic E-state index is 11.8. The zero-order valence-corrected chi connectivity index (χ0v) is 10.2. The van der Waals surface area contributed by atoms with Crippen molar-refractivity contribution in [2.24, 2.45) is 0 Å². The molecule has 0 atom stereocenters. The molecule has 96 valence electrons. The summed E-state index contributed by atoms with van der Waals surface area (Å²) in [7, 11) is 0. The van der Waals surface area contributed by atoms with Crippen molar-refractivity contribution in [1.29, 1.82) is 0 Å². The highest BCUT2D eigenvalue weighted by molar-refractivity contribution is 5.90. The van der Waals surface area contributed by atoms with Crippen molar-refractivity contribution in [3.63, 3.8) is 0 Å². The molecule has 0 aliphatic heterocycles. The number of benzene rings is 1. The molecule has 1 aromatic heterocycles. The summed E-state index contributed by atoms with van der Waals surface area (Å²) in [4.78, 5) is 11.8. The largest absolute Gasteiger partial charge is 0.384 e. The molecule has 2 aromatic rings. The number of nitrogens with zero attached hydrogens (tertiary/aromatic N) is 2. The van der Waals surface area contributed by atoms with Crippen molar-refractivity contribution in [3.05, 3.63) is 48.3 Å². The second-order valence-corrected chi connectivity index (χ2v) is 3.79. The van der Waals surface area contributed by atoms with Crippen LogP contribution in [0.5, 0.6) is 0 Å². The Morgan fingerprint density at radius 3 is 3.05 bits per heavy atom. The van der Waals surface area contributed by atoms with E-state index in [-0.39, 0.29) is 19.1 Å². The number of rotatable bonds is 3. The first-order chi connectivity index (χ1) is 9.28. The van der Waals surface area contributed by atoms with E-state index in [0.29, 0.717) is 5.69 Å². The number of aromatic nitrogens is 2. The van der Waals surface area contributed by atoms with Crippen LogP contribution in [0.15, 0.2) is 42.7 Å². The molecule has 0 saturated carbocycles. The number of nitrogens with one attached hydrogen (secondary N) is 1. The molecule has 2 N–H and O–H groups in total. The standard InChI is InChI=1S/C14H13N3O2/c18-9-2-5-12-4-1-6-13(10-12)16-14(19)11-17-8-3-7-15-17/h1,3-4,6-8,10,18H,9,11H2,(H,16,19). The molecule has 1 amide bonds. The van der Waals surface area contributed by atoms with E-state index < -0.39 is 0 Å². The van der Waals surface area contributed by atoms with Crippen molar-refractivity contribution < 1.29 is 9.90 Å². The summed E-state index contributed by atoms with van der Waals surface area (Å²) in [5.74, 6) is 5.19. The molecular weight excluding hydrogens is 242 g/mol. The van der Waals surface area contributed by atoms with Gasteiger partial charge in [-0.2, -0.15) is 5.10 Å². The molecular formula is C14H13N3O2. The van der Waals surface area contributed by atoms with E-state index in [0.717, 1.165) is 5.56 Å². The van der Waals surface area contributed by atoms with Crippen LogP contribution in [-0.4, -0.2) is 27.4 Å². The van der Waals surface area contributed by atoms with Crippen molar-refractivity contribution >= 4 is 11.6 Å². The lowest BCUT2D eigenvalue weighted by Crippen LogP contribution is -2.18. The van der Waals surface area contributed by atoms with Crippen LogP contribution < -0.4 is 5.32 Å². The van der Waals surface area contributed by atoms with Crippen LogP contribution in [0.25, 0.3) is 0 Å². The van der Waals surface area contributed by atoms with Gasteiger partial charge in [-0.3, -0.25) is 9.48 Å². The Morgan fingerprint density at radius 2 is 2.32 bits per heavy atom.